The minimum atomic E-state index is -0.327. The molecule has 4 aromatic rings. The topological polar surface area (TPSA) is 88.4 Å². The van der Waals surface area contributed by atoms with Crippen molar-refractivity contribution in [2.45, 2.75) is 12.5 Å². The van der Waals surface area contributed by atoms with E-state index in [2.05, 4.69) is 20.8 Å². The van der Waals surface area contributed by atoms with Gasteiger partial charge in [0.1, 0.15) is 0 Å². The van der Waals surface area contributed by atoms with Crippen LogP contribution in [0.2, 0.25) is 5.02 Å². The lowest BCUT2D eigenvalue weighted by atomic mass is 10.1. The molecule has 2 N–H and O–H groups in total. The minimum Gasteiger partial charge on any atom is -0.342 e. The summed E-state index contributed by atoms with van der Waals surface area (Å²) in [6.45, 7) is 0. The molecule has 2 amide bonds. The Hall–Kier alpha value is -2.88. The highest BCUT2D eigenvalue weighted by Gasteiger charge is 2.21. The van der Waals surface area contributed by atoms with Crippen LogP contribution in [0, 0.1) is 0 Å². The highest BCUT2D eigenvalue weighted by Crippen LogP contribution is 2.25. The molecule has 4 rings (SSSR count). The van der Waals surface area contributed by atoms with Gasteiger partial charge in [-0.1, -0.05) is 23.7 Å². The maximum atomic E-state index is 13.1. The second-order valence-electron chi connectivity index (χ2n) is 6.92. The van der Waals surface area contributed by atoms with Crippen LogP contribution in [0.15, 0.2) is 60.1 Å². The maximum absolute atomic E-state index is 13.1. The Kier molecular flexibility index (Phi) is 7.09. The summed E-state index contributed by atoms with van der Waals surface area (Å²) in [5, 5.41) is 16.5. The smallest absolute Gasteiger partial charge is 0.265 e. The number of benzene rings is 1. The SMILES string of the molecule is CSCCC(NC(=O)c1ccc(Cl)c(NC(=O)c2cccs2)c1)c1nnc2ccccn12. The first-order valence-electron chi connectivity index (χ1n) is 9.80. The number of hydrogen-bond acceptors (Lipinski definition) is 6. The van der Waals surface area contributed by atoms with E-state index in [1.165, 1.54) is 11.3 Å². The van der Waals surface area contributed by atoms with Crippen molar-refractivity contribution in [2.24, 2.45) is 0 Å². The molecule has 164 valence electrons. The van der Waals surface area contributed by atoms with Gasteiger partial charge in [0.25, 0.3) is 11.8 Å². The largest absolute Gasteiger partial charge is 0.342 e. The van der Waals surface area contributed by atoms with Crippen LogP contribution in [0.3, 0.4) is 0 Å². The van der Waals surface area contributed by atoms with Crippen LogP contribution in [0.5, 0.6) is 0 Å². The lowest BCUT2D eigenvalue weighted by Gasteiger charge is -2.17. The Morgan fingerprint density at radius 3 is 2.81 bits per heavy atom. The van der Waals surface area contributed by atoms with Crippen molar-refractivity contribution in [3.8, 4) is 0 Å². The van der Waals surface area contributed by atoms with Crippen molar-refractivity contribution in [1.29, 1.82) is 0 Å². The first kappa shape index (κ1) is 22.3. The zero-order valence-electron chi connectivity index (χ0n) is 17.1. The van der Waals surface area contributed by atoms with Crippen molar-refractivity contribution in [3.63, 3.8) is 0 Å². The average molecular weight is 486 g/mol. The van der Waals surface area contributed by atoms with Gasteiger partial charge in [-0.15, -0.1) is 21.5 Å². The average Bonchev–Trinajstić information content (AvgIpc) is 3.48. The zero-order valence-corrected chi connectivity index (χ0v) is 19.5. The van der Waals surface area contributed by atoms with Gasteiger partial charge in [0.05, 0.1) is 21.6 Å². The third kappa shape index (κ3) is 4.95. The third-order valence-corrected chi connectivity index (χ3v) is 6.63. The Morgan fingerprint density at radius 2 is 2.03 bits per heavy atom. The van der Waals surface area contributed by atoms with E-state index in [-0.39, 0.29) is 17.9 Å². The van der Waals surface area contributed by atoms with E-state index in [9.17, 15) is 9.59 Å². The molecule has 3 heterocycles. The lowest BCUT2D eigenvalue weighted by molar-refractivity contribution is 0.0932. The van der Waals surface area contributed by atoms with Crippen LogP contribution in [0.4, 0.5) is 5.69 Å². The summed E-state index contributed by atoms with van der Waals surface area (Å²) in [4.78, 5) is 26.1. The second-order valence-corrected chi connectivity index (χ2v) is 9.26. The number of carbonyl (C=O) groups excluding carboxylic acids is 2. The fraction of sp³-hybridized carbons (Fsp3) is 0.182. The van der Waals surface area contributed by atoms with Crippen molar-refractivity contribution < 1.29 is 9.59 Å². The molecule has 0 bridgehead atoms. The lowest BCUT2D eigenvalue weighted by Crippen LogP contribution is -2.30. The van der Waals surface area contributed by atoms with Gasteiger partial charge in [-0.25, -0.2) is 0 Å². The van der Waals surface area contributed by atoms with E-state index >= 15 is 0 Å². The van der Waals surface area contributed by atoms with Crippen LogP contribution in [0.1, 0.15) is 38.3 Å². The van der Waals surface area contributed by atoms with Crippen molar-refractivity contribution in [3.05, 3.63) is 81.4 Å². The molecule has 10 heteroatoms. The Morgan fingerprint density at radius 1 is 1.16 bits per heavy atom. The molecule has 7 nitrogen and oxygen atoms in total. The van der Waals surface area contributed by atoms with Crippen LogP contribution >= 0.6 is 34.7 Å². The molecule has 0 saturated heterocycles. The molecule has 0 spiro atoms. The summed E-state index contributed by atoms with van der Waals surface area (Å²) in [6.07, 6.45) is 4.59. The zero-order chi connectivity index (χ0) is 22.5. The summed E-state index contributed by atoms with van der Waals surface area (Å²) in [6, 6.07) is 13.7. The number of halogens is 1. The number of nitrogens with zero attached hydrogens (tertiary/aromatic N) is 3. The quantitative estimate of drug-likeness (QED) is 0.370. The number of thiophene rings is 1. The molecule has 0 aliphatic heterocycles. The summed E-state index contributed by atoms with van der Waals surface area (Å²) in [5.41, 5.74) is 1.49. The number of thioether (sulfide) groups is 1. The fourth-order valence-electron chi connectivity index (χ4n) is 3.19. The summed E-state index contributed by atoms with van der Waals surface area (Å²) >= 11 is 9.28. The molecule has 1 aromatic carbocycles. The van der Waals surface area contributed by atoms with Crippen LogP contribution in [-0.2, 0) is 0 Å². The predicted molar refractivity (Wildman–Crippen MR) is 130 cm³/mol. The Balaban J connectivity index is 1.56. The number of amides is 2. The minimum absolute atomic E-state index is 0.271. The van der Waals surface area contributed by atoms with Crippen molar-refractivity contribution in [1.82, 2.24) is 19.9 Å². The monoisotopic (exact) mass is 485 g/mol. The molecule has 0 aliphatic carbocycles. The standard InChI is InChI=1S/C22H20ClN5O2S2/c1-31-12-9-16(20-27-26-19-6-2-3-10-28(19)20)24-21(29)14-7-8-15(23)17(13-14)25-22(30)18-5-4-11-32-18/h2-8,10-11,13,16H,9,12H2,1H3,(H,24,29)(H,25,30). The van der Waals surface area contributed by atoms with Gasteiger partial charge in [-0.2, -0.15) is 11.8 Å². The highest BCUT2D eigenvalue weighted by molar-refractivity contribution is 7.98. The third-order valence-electron chi connectivity index (χ3n) is 4.79. The van der Waals surface area contributed by atoms with E-state index in [4.69, 9.17) is 11.6 Å². The van der Waals surface area contributed by atoms with Gasteiger partial charge < -0.3 is 10.6 Å². The van der Waals surface area contributed by atoms with Crippen molar-refractivity contribution >= 4 is 57.8 Å². The first-order valence-corrected chi connectivity index (χ1v) is 12.5. The first-order chi connectivity index (χ1) is 15.6. The molecular formula is C22H20ClN5O2S2. The van der Waals surface area contributed by atoms with Crippen LogP contribution in [0.25, 0.3) is 5.65 Å². The number of pyridine rings is 1. The summed E-state index contributed by atoms with van der Waals surface area (Å²) < 4.78 is 1.87. The summed E-state index contributed by atoms with van der Waals surface area (Å²) in [5.74, 6) is 0.956. The molecule has 0 saturated carbocycles. The fourth-order valence-corrected chi connectivity index (χ4v) is 4.45. The number of carbonyl (C=O) groups is 2. The number of nitrogens with one attached hydrogen (secondary N) is 2. The van der Waals surface area contributed by atoms with Gasteiger partial charge in [0.2, 0.25) is 0 Å². The summed E-state index contributed by atoms with van der Waals surface area (Å²) in [7, 11) is 0. The molecular weight excluding hydrogens is 466 g/mol. The molecule has 1 unspecified atom stereocenters. The number of aromatic nitrogens is 3. The van der Waals surface area contributed by atoms with E-state index in [0.29, 0.717) is 33.4 Å². The normalized spacial score (nSPS) is 11.9. The molecule has 0 fully saturated rings. The van der Waals surface area contributed by atoms with Crippen LogP contribution < -0.4 is 10.6 Å². The maximum Gasteiger partial charge on any atom is 0.265 e. The van der Waals surface area contributed by atoms with Gasteiger partial charge in [0, 0.05) is 11.8 Å². The van der Waals surface area contributed by atoms with Gasteiger partial charge in [0.15, 0.2) is 11.5 Å². The van der Waals surface area contributed by atoms with E-state index in [1.54, 1.807) is 42.1 Å². The van der Waals surface area contributed by atoms with Gasteiger partial charge >= 0.3 is 0 Å². The Bertz CT molecular complexity index is 1240. The molecule has 1 atom stereocenters. The highest BCUT2D eigenvalue weighted by atomic mass is 35.5. The van der Waals surface area contributed by atoms with E-state index in [1.807, 2.05) is 40.4 Å². The van der Waals surface area contributed by atoms with Crippen molar-refractivity contribution in [2.75, 3.05) is 17.3 Å². The second kappa shape index (κ2) is 10.2. The van der Waals surface area contributed by atoms with E-state index < -0.39 is 0 Å². The molecule has 0 radical (unpaired) electrons. The predicted octanol–water partition coefficient (Wildman–Crippen LogP) is 4.92. The van der Waals surface area contributed by atoms with Crippen LogP contribution in [-0.4, -0.2) is 38.4 Å². The molecule has 0 aliphatic rings. The number of fused-ring (bicyclic) bond motifs is 1. The van der Waals surface area contributed by atoms with E-state index in [0.717, 1.165) is 11.4 Å². The number of anilines is 1. The number of rotatable bonds is 8. The Labute approximate surface area is 198 Å². The molecule has 32 heavy (non-hydrogen) atoms. The number of hydrogen-bond donors (Lipinski definition) is 2. The molecule has 3 aromatic heterocycles. The van der Waals surface area contributed by atoms with Gasteiger partial charge in [-0.3, -0.25) is 14.0 Å². The van der Waals surface area contributed by atoms with Gasteiger partial charge in [-0.05, 0) is 60.2 Å².